The molecule has 0 radical (unpaired) electrons. The smallest absolute Gasteiger partial charge is 0.212 e. The molecule has 0 unspecified atom stereocenters. The van der Waals surface area contributed by atoms with Crippen molar-refractivity contribution in [2.45, 2.75) is 6.17 Å². The number of hydrogen-bond donors (Lipinski definition) is 2. The lowest BCUT2D eigenvalue weighted by Gasteiger charge is -2.24. The number of fused-ring (bicyclic) bond motifs is 3. The van der Waals surface area contributed by atoms with Crippen molar-refractivity contribution < 1.29 is 4.39 Å². The molecule has 1 atom stereocenters. The molecule has 1 aliphatic heterocycles. The van der Waals surface area contributed by atoms with Crippen molar-refractivity contribution in [2.24, 2.45) is 10.7 Å². The van der Waals surface area contributed by atoms with E-state index in [1.165, 1.54) is 6.07 Å². The molecule has 0 amide bonds. The standard InChI is InChI=1S/C15H11BrFN5/c16-9-7-8(5-6-10(9)17)13-20-14(18)21-15-19-11-3-1-2-4-12(11)22(13)15/h1-7,13H,(H3,18,19,20,21)/t13-/m0/s1. The summed E-state index contributed by atoms with van der Waals surface area (Å²) in [4.78, 5) is 8.97. The molecule has 22 heavy (non-hydrogen) atoms. The normalized spacial score (nSPS) is 17.0. The molecule has 2 heterocycles. The van der Waals surface area contributed by atoms with Crippen LogP contribution in [-0.4, -0.2) is 15.5 Å². The number of hydrogen-bond acceptors (Lipinski definition) is 4. The van der Waals surface area contributed by atoms with E-state index in [0.29, 0.717) is 10.4 Å². The number of halogens is 2. The zero-order chi connectivity index (χ0) is 15.3. The van der Waals surface area contributed by atoms with Crippen LogP contribution in [0.4, 0.5) is 10.3 Å². The summed E-state index contributed by atoms with van der Waals surface area (Å²) in [5.41, 5.74) is 8.47. The van der Waals surface area contributed by atoms with Crippen LogP contribution in [0.2, 0.25) is 0 Å². The van der Waals surface area contributed by atoms with Crippen LogP contribution in [0.15, 0.2) is 51.9 Å². The fourth-order valence-corrected chi connectivity index (χ4v) is 3.01. The third kappa shape index (κ3) is 1.97. The van der Waals surface area contributed by atoms with Crippen molar-refractivity contribution in [2.75, 3.05) is 5.32 Å². The summed E-state index contributed by atoms with van der Waals surface area (Å²) in [6.07, 6.45) is -0.388. The van der Waals surface area contributed by atoms with Gasteiger partial charge in [0.1, 0.15) is 5.82 Å². The number of rotatable bonds is 1. The molecule has 110 valence electrons. The zero-order valence-corrected chi connectivity index (χ0v) is 12.9. The van der Waals surface area contributed by atoms with E-state index < -0.39 is 0 Å². The maximum absolute atomic E-state index is 13.5. The number of anilines is 1. The maximum Gasteiger partial charge on any atom is 0.212 e. The number of para-hydroxylation sites is 2. The number of benzene rings is 2. The Labute approximate surface area is 133 Å². The van der Waals surface area contributed by atoms with Gasteiger partial charge >= 0.3 is 0 Å². The first-order valence-corrected chi connectivity index (χ1v) is 7.45. The van der Waals surface area contributed by atoms with Gasteiger partial charge < -0.3 is 5.73 Å². The van der Waals surface area contributed by atoms with Crippen LogP contribution in [0.3, 0.4) is 0 Å². The lowest BCUT2D eigenvalue weighted by Crippen LogP contribution is -2.31. The largest absolute Gasteiger partial charge is 0.370 e. The zero-order valence-electron chi connectivity index (χ0n) is 11.3. The number of nitrogens with two attached hydrogens (primary N) is 1. The molecule has 3 aromatic rings. The molecule has 2 aromatic carbocycles. The Morgan fingerprint density at radius 1 is 1.23 bits per heavy atom. The predicted molar refractivity (Wildman–Crippen MR) is 87.2 cm³/mol. The third-order valence-corrected chi connectivity index (χ3v) is 4.19. The number of guanidine groups is 1. The maximum atomic E-state index is 13.5. The number of aromatic nitrogens is 2. The first-order valence-electron chi connectivity index (χ1n) is 6.66. The lowest BCUT2D eigenvalue weighted by molar-refractivity contribution is 0.605. The Morgan fingerprint density at radius 3 is 2.86 bits per heavy atom. The van der Waals surface area contributed by atoms with Crippen molar-refractivity contribution in [3.05, 3.63) is 58.3 Å². The minimum atomic E-state index is -0.388. The summed E-state index contributed by atoms with van der Waals surface area (Å²) >= 11 is 3.21. The van der Waals surface area contributed by atoms with Crippen LogP contribution in [0, 0.1) is 5.82 Å². The van der Waals surface area contributed by atoms with Crippen molar-refractivity contribution in [1.29, 1.82) is 0 Å². The van der Waals surface area contributed by atoms with Crippen molar-refractivity contribution in [3.63, 3.8) is 0 Å². The minimum absolute atomic E-state index is 0.285. The molecule has 7 heteroatoms. The van der Waals surface area contributed by atoms with Crippen LogP contribution in [-0.2, 0) is 0 Å². The van der Waals surface area contributed by atoms with Crippen LogP contribution in [0.5, 0.6) is 0 Å². The van der Waals surface area contributed by atoms with Gasteiger partial charge in [-0.1, -0.05) is 18.2 Å². The van der Waals surface area contributed by atoms with E-state index in [1.54, 1.807) is 12.1 Å². The second-order valence-electron chi connectivity index (χ2n) is 4.98. The highest BCUT2D eigenvalue weighted by molar-refractivity contribution is 9.10. The summed E-state index contributed by atoms with van der Waals surface area (Å²) < 4.78 is 15.8. The van der Waals surface area contributed by atoms with Crippen LogP contribution < -0.4 is 11.1 Å². The molecular formula is C15H11BrFN5. The Morgan fingerprint density at radius 2 is 2.05 bits per heavy atom. The SMILES string of the molecule is NC1=N[C@H](c2ccc(F)c(Br)c2)n2c(nc3ccccc32)N1. The highest BCUT2D eigenvalue weighted by atomic mass is 79.9. The molecule has 1 aromatic heterocycles. The van der Waals surface area contributed by atoms with E-state index >= 15 is 0 Å². The van der Waals surface area contributed by atoms with Gasteiger partial charge in [0.25, 0.3) is 0 Å². The molecule has 1 aliphatic rings. The topological polar surface area (TPSA) is 68.2 Å². The molecule has 3 N–H and O–H groups in total. The number of nitrogens with zero attached hydrogens (tertiary/aromatic N) is 3. The average molecular weight is 360 g/mol. The molecule has 0 spiro atoms. The van der Waals surface area contributed by atoms with Gasteiger partial charge in [-0.05, 0) is 45.8 Å². The van der Waals surface area contributed by atoms with E-state index in [0.717, 1.165) is 16.6 Å². The quantitative estimate of drug-likeness (QED) is 0.700. The van der Waals surface area contributed by atoms with Crippen LogP contribution >= 0.6 is 15.9 Å². The first-order chi connectivity index (χ1) is 10.6. The van der Waals surface area contributed by atoms with E-state index in [9.17, 15) is 4.39 Å². The van der Waals surface area contributed by atoms with Gasteiger partial charge in [0, 0.05) is 0 Å². The average Bonchev–Trinajstić information content (AvgIpc) is 2.87. The van der Waals surface area contributed by atoms with E-state index in [2.05, 4.69) is 31.2 Å². The Balaban J connectivity index is 1.96. The highest BCUT2D eigenvalue weighted by Gasteiger charge is 2.25. The van der Waals surface area contributed by atoms with Gasteiger partial charge in [-0.3, -0.25) is 9.88 Å². The molecule has 0 bridgehead atoms. The fraction of sp³-hybridized carbons (Fsp3) is 0.0667. The van der Waals surface area contributed by atoms with Crippen LogP contribution in [0.25, 0.3) is 11.0 Å². The van der Waals surface area contributed by atoms with Gasteiger partial charge in [-0.15, -0.1) is 0 Å². The predicted octanol–water partition coefficient (Wildman–Crippen LogP) is 3.23. The van der Waals surface area contributed by atoms with Gasteiger partial charge in [0.15, 0.2) is 12.1 Å². The molecular weight excluding hydrogens is 349 g/mol. The molecule has 0 fully saturated rings. The summed E-state index contributed by atoms with van der Waals surface area (Å²) in [7, 11) is 0. The molecule has 0 saturated carbocycles. The second-order valence-corrected chi connectivity index (χ2v) is 5.84. The second kappa shape index (κ2) is 4.81. The molecule has 5 nitrogen and oxygen atoms in total. The molecule has 0 saturated heterocycles. The number of aliphatic imine (C=N–C) groups is 1. The van der Waals surface area contributed by atoms with E-state index in [-0.39, 0.29) is 17.9 Å². The van der Waals surface area contributed by atoms with Gasteiger partial charge in [0.05, 0.1) is 15.5 Å². The van der Waals surface area contributed by atoms with Crippen molar-refractivity contribution in [1.82, 2.24) is 9.55 Å². The monoisotopic (exact) mass is 359 g/mol. The third-order valence-electron chi connectivity index (χ3n) is 3.58. The van der Waals surface area contributed by atoms with Crippen molar-refractivity contribution >= 4 is 38.9 Å². The number of nitrogens with one attached hydrogen (secondary N) is 1. The van der Waals surface area contributed by atoms with Gasteiger partial charge in [-0.2, -0.15) is 0 Å². The van der Waals surface area contributed by atoms with Gasteiger partial charge in [0.2, 0.25) is 5.95 Å². The minimum Gasteiger partial charge on any atom is -0.370 e. The summed E-state index contributed by atoms with van der Waals surface area (Å²) in [6.45, 7) is 0. The fourth-order valence-electron chi connectivity index (χ4n) is 2.61. The van der Waals surface area contributed by atoms with Crippen LogP contribution in [0.1, 0.15) is 11.7 Å². The summed E-state index contributed by atoms with van der Waals surface area (Å²) in [5.74, 6) is 0.595. The molecule has 4 rings (SSSR count). The van der Waals surface area contributed by atoms with Gasteiger partial charge in [-0.25, -0.2) is 14.4 Å². The Kier molecular flexibility index (Phi) is 2.90. The van der Waals surface area contributed by atoms with Crippen molar-refractivity contribution in [3.8, 4) is 0 Å². The van der Waals surface area contributed by atoms with E-state index in [4.69, 9.17) is 5.73 Å². The van der Waals surface area contributed by atoms with E-state index in [1.807, 2.05) is 28.8 Å². The number of imidazole rings is 1. The summed E-state index contributed by atoms with van der Waals surface area (Å²) in [5, 5.41) is 2.97. The lowest BCUT2D eigenvalue weighted by atomic mass is 10.1. The Hall–Kier alpha value is -2.41. The first kappa shape index (κ1) is 13.3. The highest BCUT2D eigenvalue weighted by Crippen LogP contribution is 2.33. The molecule has 0 aliphatic carbocycles. The Bertz CT molecular complexity index is 917. The summed E-state index contributed by atoms with van der Waals surface area (Å²) in [6, 6.07) is 12.6.